The van der Waals surface area contributed by atoms with Crippen molar-refractivity contribution in [2.45, 2.75) is 45.0 Å². The Morgan fingerprint density at radius 1 is 1.42 bits per heavy atom. The van der Waals surface area contributed by atoms with Gasteiger partial charge in [-0.2, -0.15) is 5.10 Å². The SMILES string of the molecule is CC(C)Cn1ncnc1CC(NN)C(C)S(C)(=O)=O. The standard InChI is InChI=1S/C11H23N5O2S/c1-8(2)6-16-11(13-7-14-16)5-10(15-12)9(3)19(4,17)18/h7-10,15H,5-6,12H2,1-4H3. The number of hydrogen-bond donors (Lipinski definition) is 2. The van der Waals surface area contributed by atoms with Crippen molar-refractivity contribution in [2.75, 3.05) is 6.26 Å². The third-order valence-corrected chi connectivity index (χ3v) is 4.77. The second-order valence-corrected chi connectivity index (χ2v) is 7.67. The fraction of sp³-hybridized carbons (Fsp3) is 0.818. The first-order valence-corrected chi connectivity index (χ1v) is 8.22. The molecule has 3 N–H and O–H groups in total. The summed E-state index contributed by atoms with van der Waals surface area (Å²) in [5.41, 5.74) is 2.57. The Bertz CT molecular complexity index is 497. The van der Waals surface area contributed by atoms with Crippen LogP contribution in [-0.4, -0.2) is 40.7 Å². The second-order valence-electron chi connectivity index (χ2n) is 5.26. The van der Waals surface area contributed by atoms with E-state index in [1.807, 2.05) is 0 Å². The summed E-state index contributed by atoms with van der Waals surface area (Å²) >= 11 is 0. The molecule has 110 valence electrons. The maximum atomic E-state index is 11.6. The van der Waals surface area contributed by atoms with Crippen LogP contribution in [0.5, 0.6) is 0 Å². The van der Waals surface area contributed by atoms with Crippen LogP contribution in [0.1, 0.15) is 26.6 Å². The molecule has 0 saturated carbocycles. The third-order valence-electron chi connectivity index (χ3n) is 3.09. The molecule has 0 bridgehead atoms. The molecule has 7 nitrogen and oxygen atoms in total. The molecule has 1 aromatic rings. The average Bonchev–Trinajstić information content (AvgIpc) is 2.70. The minimum atomic E-state index is -3.15. The normalized spacial score (nSPS) is 15.7. The number of hydrogen-bond acceptors (Lipinski definition) is 6. The molecule has 0 amide bonds. The quantitative estimate of drug-likeness (QED) is 0.529. The lowest BCUT2D eigenvalue weighted by Gasteiger charge is -2.21. The molecule has 1 heterocycles. The molecule has 0 spiro atoms. The van der Waals surface area contributed by atoms with E-state index < -0.39 is 15.1 Å². The number of aromatic nitrogens is 3. The monoisotopic (exact) mass is 289 g/mol. The van der Waals surface area contributed by atoms with Crippen molar-refractivity contribution in [3.63, 3.8) is 0 Å². The summed E-state index contributed by atoms with van der Waals surface area (Å²) in [6, 6.07) is -0.384. The van der Waals surface area contributed by atoms with Crippen molar-refractivity contribution < 1.29 is 8.42 Å². The van der Waals surface area contributed by atoms with E-state index in [0.29, 0.717) is 12.3 Å². The Morgan fingerprint density at radius 2 is 2.05 bits per heavy atom. The number of rotatable bonds is 7. The van der Waals surface area contributed by atoms with Crippen LogP contribution in [0.4, 0.5) is 0 Å². The van der Waals surface area contributed by atoms with Crippen molar-refractivity contribution in [3.05, 3.63) is 12.2 Å². The van der Waals surface area contributed by atoms with Gasteiger partial charge in [0, 0.05) is 25.3 Å². The van der Waals surface area contributed by atoms with Crippen LogP contribution in [0.2, 0.25) is 0 Å². The first-order chi connectivity index (χ1) is 8.75. The van der Waals surface area contributed by atoms with Crippen LogP contribution in [0, 0.1) is 5.92 Å². The molecule has 1 aromatic heterocycles. The van der Waals surface area contributed by atoms with Crippen molar-refractivity contribution in [2.24, 2.45) is 11.8 Å². The smallest absolute Gasteiger partial charge is 0.151 e. The molecule has 0 aliphatic carbocycles. The molecule has 8 heteroatoms. The Kier molecular flexibility index (Phi) is 5.45. The van der Waals surface area contributed by atoms with Gasteiger partial charge in [0.1, 0.15) is 12.2 Å². The van der Waals surface area contributed by atoms with Crippen molar-refractivity contribution in [3.8, 4) is 0 Å². The van der Waals surface area contributed by atoms with Gasteiger partial charge in [-0.3, -0.25) is 11.3 Å². The fourth-order valence-electron chi connectivity index (χ4n) is 1.80. The van der Waals surface area contributed by atoms with Gasteiger partial charge in [-0.1, -0.05) is 13.8 Å². The molecule has 19 heavy (non-hydrogen) atoms. The van der Waals surface area contributed by atoms with Crippen molar-refractivity contribution in [1.82, 2.24) is 20.2 Å². The number of nitrogens with two attached hydrogens (primary N) is 1. The van der Waals surface area contributed by atoms with E-state index in [1.54, 1.807) is 11.6 Å². The van der Waals surface area contributed by atoms with Gasteiger partial charge in [0.25, 0.3) is 0 Å². The zero-order valence-electron chi connectivity index (χ0n) is 11.9. The Labute approximate surface area is 114 Å². The third kappa shape index (κ3) is 4.55. The van der Waals surface area contributed by atoms with Gasteiger partial charge in [-0.25, -0.2) is 18.1 Å². The largest absolute Gasteiger partial charge is 0.271 e. The van der Waals surface area contributed by atoms with Crippen molar-refractivity contribution in [1.29, 1.82) is 0 Å². The summed E-state index contributed by atoms with van der Waals surface area (Å²) in [6.45, 7) is 6.56. The predicted molar refractivity (Wildman–Crippen MR) is 74.0 cm³/mol. The minimum Gasteiger partial charge on any atom is -0.271 e. The summed E-state index contributed by atoms with van der Waals surface area (Å²) in [5, 5.41) is 3.57. The van der Waals surface area contributed by atoms with Crippen molar-refractivity contribution >= 4 is 9.84 Å². The zero-order chi connectivity index (χ0) is 14.6. The Hall–Kier alpha value is -0.990. The lowest BCUT2D eigenvalue weighted by molar-refractivity contribution is 0.436. The highest BCUT2D eigenvalue weighted by Gasteiger charge is 2.26. The highest BCUT2D eigenvalue weighted by atomic mass is 32.2. The van der Waals surface area contributed by atoms with Crippen LogP contribution >= 0.6 is 0 Å². The van der Waals surface area contributed by atoms with E-state index in [9.17, 15) is 8.42 Å². The first-order valence-electron chi connectivity index (χ1n) is 6.27. The first kappa shape index (κ1) is 16.1. The molecular formula is C11H23N5O2S. The summed E-state index contributed by atoms with van der Waals surface area (Å²) in [5.74, 6) is 6.65. The summed E-state index contributed by atoms with van der Waals surface area (Å²) < 4.78 is 25.0. The Balaban J connectivity index is 2.85. The fourth-order valence-corrected chi connectivity index (χ4v) is 2.57. The number of sulfone groups is 1. The molecular weight excluding hydrogens is 266 g/mol. The zero-order valence-corrected chi connectivity index (χ0v) is 12.7. The van der Waals surface area contributed by atoms with Crippen LogP contribution in [0.3, 0.4) is 0 Å². The summed E-state index contributed by atoms with van der Waals surface area (Å²) in [7, 11) is -3.15. The number of nitrogens with one attached hydrogen (secondary N) is 1. The van der Waals surface area contributed by atoms with Crippen LogP contribution in [-0.2, 0) is 22.8 Å². The average molecular weight is 289 g/mol. The van der Waals surface area contributed by atoms with Gasteiger partial charge in [-0.05, 0) is 12.8 Å². The highest BCUT2D eigenvalue weighted by Crippen LogP contribution is 2.10. The molecule has 0 aliphatic rings. The van der Waals surface area contributed by atoms with Gasteiger partial charge < -0.3 is 0 Å². The predicted octanol–water partition coefficient (Wildman–Crippen LogP) is -0.258. The van der Waals surface area contributed by atoms with Crippen LogP contribution in [0.25, 0.3) is 0 Å². The molecule has 0 aliphatic heterocycles. The molecule has 2 atom stereocenters. The van der Waals surface area contributed by atoms with Gasteiger partial charge in [0.2, 0.25) is 0 Å². The van der Waals surface area contributed by atoms with Gasteiger partial charge in [0.05, 0.1) is 5.25 Å². The molecule has 2 unspecified atom stereocenters. The molecule has 0 aromatic carbocycles. The second kappa shape index (κ2) is 6.44. The van der Waals surface area contributed by atoms with E-state index in [1.165, 1.54) is 12.6 Å². The topological polar surface area (TPSA) is 103 Å². The lowest BCUT2D eigenvalue weighted by atomic mass is 10.1. The molecule has 0 saturated heterocycles. The molecule has 0 fully saturated rings. The maximum absolute atomic E-state index is 11.6. The van der Waals surface area contributed by atoms with Gasteiger partial charge >= 0.3 is 0 Å². The summed E-state index contributed by atoms with van der Waals surface area (Å²) in [6.07, 6.45) is 3.12. The highest BCUT2D eigenvalue weighted by molar-refractivity contribution is 7.91. The maximum Gasteiger partial charge on any atom is 0.151 e. The van der Waals surface area contributed by atoms with Gasteiger partial charge in [-0.15, -0.1) is 0 Å². The molecule has 0 radical (unpaired) electrons. The van der Waals surface area contributed by atoms with Crippen LogP contribution in [0.15, 0.2) is 6.33 Å². The Morgan fingerprint density at radius 3 is 2.53 bits per heavy atom. The van der Waals surface area contributed by atoms with E-state index in [-0.39, 0.29) is 6.04 Å². The molecule has 1 rings (SSSR count). The minimum absolute atomic E-state index is 0.384. The lowest BCUT2D eigenvalue weighted by Crippen LogP contribution is -2.47. The number of nitrogens with zero attached hydrogens (tertiary/aromatic N) is 3. The van der Waals surface area contributed by atoms with E-state index in [4.69, 9.17) is 5.84 Å². The van der Waals surface area contributed by atoms with E-state index >= 15 is 0 Å². The summed E-state index contributed by atoms with van der Waals surface area (Å²) in [4.78, 5) is 4.18. The van der Waals surface area contributed by atoms with Gasteiger partial charge in [0.15, 0.2) is 9.84 Å². The number of hydrazine groups is 1. The van der Waals surface area contributed by atoms with Crippen LogP contribution < -0.4 is 11.3 Å². The van der Waals surface area contributed by atoms with E-state index in [2.05, 4.69) is 29.4 Å². The van der Waals surface area contributed by atoms with E-state index in [0.717, 1.165) is 12.4 Å².